The average molecular weight is 385 g/mol. The maximum Gasteiger partial charge on any atom is 0.242 e. The topological polar surface area (TPSA) is 54.3 Å². The molecule has 3 rings (SSSR count). The van der Waals surface area contributed by atoms with Gasteiger partial charge >= 0.3 is 0 Å². The number of para-hydroxylation sites is 1. The Balaban J connectivity index is 1.82. The fraction of sp³-hybridized carbons (Fsp3) is 0.250. The van der Waals surface area contributed by atoms with Gasteiger partial charge in [-0.25, -0.2) is 4.39 Å². The molecule has 1 aliphatic rings. The quantitative estimate of drug-likeness (QED) is 0.556. The van der Waals surface area contributed by atoms with Crippen molar-refractivity contribution in [2.24, 2.45) is 10.2 Å². The minimum absolute atomic E-state index is 0.00179. The molecule has 0 bridgehead atoms. The van der Waals surface area contributed by atoms with Gasteiger partial charge < -0.3 is 4.74 Å². The van der Waals surface area contributed by atoms with Gasteiger partial charge in [0.25, 0.3) is 0 Å². The summed E-state index contributed by atoms with van der Waals surface area (Å²) in [5.41, 5.74) is 1.64. The highest BCUT2D eigenvalue weighted by Crippen LogP contribution is 2.30. The second-order valence-electron chi connectivity index (χ2n) is 5.93. The van der Waals surface area contributed by atoms with Crippen LogP contribution in [0.4, 0.5) is 4.39 Å². The summed E-state index contributed by atoms with van der Waals surface area (Å²) >= 11 is 1.40. The van der Waals surface area contributed by atoms with E-state index in [4.69, 9.17) is 4.74 Å². The van der Waals surface area contributed by atoms with Crippen molar-refractivity contribution in [2.75, 3.05) is 7.11 Å². The predicted molar refractivity (Wildman–Crippen MR) is 107 cm³/mol. The van der Waals surface area contributed by atoms with Gasteiger partial charge in [0.2, 0.25) is 5.91 Å². The first-order valence-corrected chi connectivity index (χ1v) is 9.47. The van der Waals surface area contributed by atoms with Gasteiger partial charge in [-0.15, -0.1) is 5.10 Å². The first kappa shape index (κ1) is 19.1. The van der Waals surface area contributed by atoms with Crippen molar-refractivity contribution in [1.82, 2.24) is 4.90 Å². The Morgan fingerprint density at radius 2 is 1.96 bits per heavy atom. The molecule has 0 unspecified atom stereocenters. The number of carbonyl (C=O) groups excluding carboxylic acids is 1. The van der Waals surface area contributed by atoms with Crippen LogP contribution < -0.4 is 4.74 Å². The molecule has 1 saturated heterocycles. The lowest BCUT2D eigenvalue weighted by molar-refractivity contribution is -0.126. The van der Waals surface area contributed by atoms with Crippen LogP contribution in [0.15, 0.2) is 58.7 Å². The molecule has 7 heteroatoms. The fourth-order valence-electron chi connectivity index (χ4n) is 2.68. The van der Waals surface area contributed by atoms with Crippen LogP contribution >= 0.6 is 11.8 Å². The molecule has 0 spiro atoms. The number of amides is 1. The second-order valence-corrected chi connectivity index (χ2v) is 7.10. The molecule has 0 N–H and O–H groups in total. The van der Waals surface area contributed by atoms with Crippen molar-refractivity contribution in [3.63, 3.8) is 0 Å². The lowest BCUT2D eigenvalue weighted by Crippen LogP contribution is -2.31. The Hall–Kier alpha value is -2.67. The molecule has 2 aromatic rings. The van der Waals surface area contributed by atoms with Crippen LogP contribution in [0, 0.1) is 5.82 Å². The van der Waals surface area contributed by atoms with Crippen LogP contribution in [0.1, 0.15) is 24.5 Å². The minimum atomic E-state index is -0.303. The molecular formula is C20H20FN3O2S. The predicted octanol–water partition coefficient (Wildman–Crippen LogP) is 4.08. The summed E-state index contributed by atoms with van der Waals surface area (Å²) in [6.45, 7) is 2.30. The van der Waals surface area contributed by atoms with E-state index in [1.807, 2.05) is 31.2 Å². The minimum Gasteiger partial charge on any atom is -0.496 e. The lowest BCUT2D eigenvalue weighted by Gasteiger charge is -2.15. The highest BCUT2D eigenvalue weighted by Gasteiger charge is 2.36. The van der Waals surface area contributed by atoms with E-state index >= 15 is 0 Å². The van der Waals surface area contributed by atoms with Crippen LogP contribution in [0.5, 0.6) is 5.75 Å². The van der Waals surface area contributed by atoms with E-state index in [9.17, 15) is 9.18 Å². The molecule has 0 radical (unpaired) electrons. The second kappa shape index (κ2) is 8.81. The van der Waals surface area contributed by atoms with Gasteiger partial charge in [-0.05, 0) is 36.2 Å². The summed E-state index contributed by atoms with van der Waals surface area (Å²) < 4.78 is 18.4. The molecule has 1 aliphatic heterocycles. The monoisotopic (exact) mass is 385 g/mol. The van der Waals surface area contributed by atoms with Crippen molar-refractivity contribution >= 4 is 29.1 Å². The molecule has 1 fully saturated rings. The molecule has 2 aromatic carbocycles. The van der Waals surface area contributed by atoms with Gasteiger partial charge in [0.05, 0.1) is 25.1 Å². The van der Waals surface area contributed by atoms with Gasteiger partial charge in [-0.3, -0.25) is 9.69 Å². The maximum absolute atomic E-state index is 13.1. The number of hydrogen-bond donors (Lipinski definition) is 0. The smallest absolute Gasteiger partial charge is 0.242 e. The SMILES string of the molecule is CC[C@@H]1S/C(=N/N=C\c2ccccc2OC)N(Cc2ccc(F)cc2)C1=O. The van der Waals surface area contributed by atoms with Crippen LogP contribution in [-0.4, -0.2) is 34.5 Å². The number of thioether (sulfide) groups is 1. The van der Waals surface area contributed by atoms with Crippen LogP contribution in [0.2, 0.25) is 0 Å². The van der Waals surface area contributed by atoms with Crippen molar-refractivity contribution in [3.05, 3.63) is 65.5 Å². The number of nitrogens with zero attached hydrogens (tertiary/aromatic N) is 3. The van der Waals surface area contributed by atoms with E-state index in [0.29, 0.717) is 23.9 Å². The zero-order chi connectivity index (χ0) is 19.2. The Labute approximate surface area is 161 Å². The van der Waals surface area contributed by atoms with E-state index in [0.717, 1.165) is 11.1 Å². The molecule has 5 nitrogen and oxygen atoms in total. The number of benzene rings is 2. The Morgan fingerprint density at radius 3 is 2.67 bits per heavy atom. The molecule has 1 amide bonds. The summed E-state index contributed by atoms with van der Waals surface area (Å²) in [5.74, 6) is 0.395. The van der Waals surface area contributed by atoms with E-state index in [-0.39, 0.29) is 17.0 Å². The van der Waals surface area contributed by atoms with Crippen molar-refractivity contribution in [1.29, 1.82) is 0 Å². The number of amidine groups is 1. The summed E-state index contributed by atoms with van der Waals surface area (Å²) in [6.07, 6.45) is 2.31. The molecular weight excluding hydrogens is 365 g/mol. The summed E-state index contributed by atoms with van der Waals surface area (Å²) in [5, 5.41) is 8.78. The maximum atomic E-state index is 13.1. The zero-order valence-corrected chi connectivity index (χ0v) is 15.9. The molecule has 0 aromatic heterocycles. The first-order valence-electron chi connectivity index (χ1n) is 8.59. The van der Waals surface area contributed by atoms with Crippen LogP contribution in [-0.2, 0) is 11.3 Å². The third kappa shape index (κ3) is 4.54. The standard InChI is InChI=1S/C20H20FN3O2S/c1-3-18-19(25)24(13-14-8-10-16(21)11-9-14)20(27-18)23-22-12-15-6-4-5-7-17(15)26-2/h4-12,18H,3,13H2,1-2H3/b22-12-,23-20+/t18-/m0/s1. The molecule has 1 heterocycles. The molecule has 1 atom stereocenters. The summed E-state index contributed by atoms with van der Waals surface area (Å²) in [6, 6.07) is 13.6. The van der Waals surface area contributed by atoms with Gasteiger partial charge in [0.15, 0.2) is 5.17 Å². The molecule has 0 saturated carbocycles. The number of ether oxygens (including phenoxy) is 1. The summed E-state index contributed by atoms with van der Waals surface area (Å²) in [4.78, 5) is 14.2. The average Bonchev–Trinajstić information content (AvgIpc) is 2.99. The Bertz CT molecular complexity index is 868. The number of halogens is 1. The number of hydrogen-bond acceptors (Lipinski definition) is 5. The Morgan fingerprint density at radius 1 is 1.22 bits per heavy atom. The van der Waals surface area contributed by atoms with Gasteiger partial charge in [-0.2, -0.15) is 5.10 Å². The largest absolute Gasteiger partial charge is 0.496 e. The highest BCUT2D eigenvalue weighted by atomic mass is 32.2. The first-order chi connectivity index (χ1) is 13.1. The third-order valence-electron chi connectivity index (χ3n) is 4.12. The molecule has 140 valence electrons. The zero-order valence-electron chi connectivity index (χ0n) is 15.1. The summed E-state index contributed by atoms with van der Waals surface area (Å²) in [7, 11) is 1.60. The van der Waals surface area contributed by atoms with Gasteiger partial charge in [0, 0.05) is 5.56 Å². The number of methoxy groups -OCH3 is 1. The Kier molecular flexibility index (Phi) is 6.24. The van der Waals surface area contributed by atoms with Crippen molar-refractivity contribution < 1.29 is 13.9 Å². The molecule has 0 aliphatic carbocycles. The van der Waals surface area contributed by atoms with Gasteiger partial charge in [-0.1, -0.05) is 43.0 Å². The number of rotatable bonds is 6. The normalized spacial score (nSPS) is 18.6. The molecule has 27 heavy (non-hydrogen) atoms. The van der Waals surface area contributed by atoms with Crippen molar-refractivity contribution in [2.45, 2.75) is 25.1 Å². The van der Waals surface area contributed by atoms with Crippen LogP contribution in [0.25, 0.3) is 0 Å². The lowest BCUT2D eigenvalue weighted by atomic mass is 10.2. The highest BCUT2D eigenvalue weighted by molar-refractivity contribution is 8.15. The van der Waals surface area contributed by atoms with E-state index in [2.05, 4.69) is 10.2 Å². The number of carbonyl (C=O) groups is 1. The van der Waals surface area contributed by atoms with E-state index < -0.39 is 0 Å². The van der Waals surface area contributed by atoms with Gasteiger partial charge in [0.1, 0.15) is 11.6 Å². The fourth-order valence-corrected chi connectivity index (χ4v) is 3.70. The van der Waals surface area contributed by atoms with Crippen molar-refractivity contribution in [3.8, 4) is 5.75 Å². The van der Waals surface area contributed by atoms with E-state index in [1.54, 1.807) is 30.4 Å². The van der Waals surface area contributed by atoms with Crippen LogP contribution in [0.3, 0.4) is 0 Å². The van der Waals surface area contributed by atoms with E-state index in [1.165, 1.54) is 23.9 Å². The third-order valence-corrected chi connectivity index (χ3v) is 5.46.